The fraction of sp³-hybridized carbons (Fsp3) is 0.179. The number of hydrogen-bond acceptors (Lipinski definition) is 3. The van der Waals surface area contributed by atoms with Gasteiger partial charge in [-0.2, -0.15) is 0 Å². The van der Waals surface area contributed by atoms with E-state index < -0.39 is 0 Å². The standard InChI is InChI=1S/C28H26FN3O/c29-24-11-4-2-9-21(24)19-33-27-16-15-20-8-1-3-10-22(20)23(27)18-30-17-7-14-28-31-25-12-5-6-13-26(25)32-28/h1-6,8-13,15-16,30H,7,14,17-19H2,(H,31,32). The Balaban J connectivity index is 1.25. The Bertz CT molecular complexity index is 1350. The average molecular weight is 440 g/mol. The van der Waals surface area contributed by atoms with Gasteiger partial charge in [-0.05, 0) is 48.0 Å². The monoisotopic (exact) mass is 439 g/mol. The van der Waals surface area contributed by atoms with Crippen molar-refractivity contribution in [3.8, 4) is 5.75 Å². The van der Waals surface area contributed by atoms with Gasteiger partial charge in [-0.25, -0.2) is 9.37 Å². The molecule has 0 bridgehead atoms. The number of H-pyrrole nitrogens is 1. The molecule has 0 aliphatic heterocycles. The molecule has 0 amide bonds. The van der Waals surface area contributed by atoms with Gasteiger partial charge in [-0.3, -0.25) is 0 Å². The van der Waals surface area contributed by atoms with Crippen LogP contribution < -0.4 is 10.1 Å². The number of benzene rings is 4. The number of aromatic amines is 1. The third-order valence-corrected chi connectivity index (χ3v) is 5.85. The molecule has 5 aromatic rings. The van der Waals surface area contributed by atoms with Gasteiger partial charge < -0.3 is 15.0 Å². The summed E-state index contributed by atoms with van der Waals surface area (Å²) in [5.41, 5.74) is 3.73. The molecule has 0 radical (unpaired) electrons. The van der Waals surface area contributed by atoms with Gasteiger partial charge in [0.25, 0.3) is 0 Å². The first-order valence-corrected chi connectivity index (χ1v) is 11.3. The van der Waals surface area contributed by atoms with Crippen molar-refractivity contribution >= 4 is 21.8 Å². The predicted molar refractivity (Wildman–Crippen MR) is 131 cm³/mol. The maximum atomic E-state index is 14.0. The molecule has 0 atom stereocenters. The second-order valence-corrected chi connectivity index (χ2v) is 8.12. The first-order valence-electron chi connectivity index (χ1n) is 11.3. The molecule has 0 spiro atoms. The highest BCUT2D eigenvalue weighted by molar-refractivity contribution is 5.87. The summed E-state index contributed by atoms with van der Waals surface area (Å²) in [6.07, 6.45) is 1.85. The van der Waals surface area contributed by atoms with E-state index in [1.807, 2.05) is 48.5 Å². The number of aromatic nitrogens is 2. The summed E-state index contributed by atoms with van der Waals surface area (Å²) in [7, 11) is 0. The third-order valence-electron chi connectivity index (χ3n) is 5.85. The van der Waals surface area contributed by atoms with E-state index in [1.54, 1.807) is 12.1 Å². The molecule has 33 heavy (non-hydrogen) atoms. The van der Waals surface area contributed by atoms with Crippen molar-refractivity contribution in [1.82, 2.24) is 15.3 Å². The van der Waals surface area contributed by atoms with Crippen LogP contribution in [0.25, 0.3) is 21.8 Å². The topological polar surface area (TPSA) is 49.9 Å². The Hall–Kier alpha value is -3.70. The zero-order chi connectivity index (χ0) is 22.5. The molecule has 0 fully saturated rings. The lowest BCUT2D eigenvalue weighted by Crippen LogP contribution is -2.16. The van der Waals surface area contributed by atoms with Crippen molar-refractivity contribution in [1.29, 1.82) is 0 Å². The van der Waals surface area contributed by atoms with E-state index in [-0.39, 0.29) is 12.4 Å². The molecule has 5 heteroatoms. The number of aryl methyl sites for hydroxylation is 1. The quantitative estimate of drug-likeness (QED) is 0.271. The minimum atomic E-state index is -0.247. The molecule has 2 N–H and O–H groups in total. The maximum absolute atomic E-state index is 14.0. The molecule has 1 heterocycles. The normalized spacial score (nSPS) is 11.3. The first-order chi connectivity index (χ1) is 16.3. The van der Waals surface area contributed by atoms with E-state index in [0.29, 0.717) is 12.1 Å². The van der Waals surface area contributed by atoms with Crippen LogP contribution in [0.15, 0.2) is 84.9 Å². The Morgan fingerprint density at radius 1 is 0.879 bits per heavy atom. The molecule has 1 aromatic heterocycles. The number of halogens is 1. The summed E-state index contributed by atoms with van der Waals surface area (Å²) in [6.45, 7) is 1.73. The number of hydrogen-bond donors (Lipinski definition) is 2. The van der Waals surface area contributed by atoms with E-state index in [2.05, 4.69) is 33.5 Å². The summed E-state index contributed by atoms with van der Waals surface area (Å²) < 4.78 is 20.1. The number of nitrogens with zero attached hydrogens (tertiary/aromatic N) is 1. The first kappa shape index (κ1) is 21.2. The Labute approximate surface area is 192 Å². The van der Waals surface area contributed by atoms with E-state index >= 15 is 0 Å². The van der Waals surface area contributed by atoms with Crippen LogP contribution in [0.2, 0.25) is 0 Å². The molecular weight excluding hydrogens is 413 g/mol. The van der Waals surface area contributed by atoms with Crippen LogP contribution in [0.1, 0.15) is 23.4 Å². The fourth-order valence-electron chi connectivity index (χ4n) is 4.12. The van der Waals surface area contributed by atoms with Crippen LogP contribution in [0.4, 0.5) is 4.39 Å². The Morgan fingerprint density at radius 3 is 2.61 bits per heavy atom. The second-order valence-electron chi connectivity index (χ2n) is 8.12. The zero-order valence-corrected chi connectivity index (χ0v) is 18.4. The van der Waals surface area contributed by atoms with Crippen molar-refractivity contribution in [3.63, 3.8) is 0 Å². The van der Waals surface area contributed by atoms with Crippen LogP contribution in [0.5, 0.6) is 5.75 Å². The second kappa shape index (κ2) is 9.84. The highest BCUT2D eigenvalue weighted by atomic mass is 19.1. The summed E-state index contributed by atoms with van der Waals surface area (Å²) >= 11 is 0. The van der Waals surface area contributed by atoms with Crippen LogP contribution in [0, 0.1) is 5.82 Å². The number of rotatable bonds is 9. The minimum Gasteiger partial charge on any atom is -0.488 e. The Morgan fingerprint density at radius 2 is 1.70 bits per heavy atom. The predicted octanol–water partition coefficient (Wildman–Crippen LogP) is 6.16. The van der Waals surface area contributed by atoms with Crippen molar-refractivity contribution in [2.24, 2.45) is 0 Å². The third kappa shape index (κ3) is 4.89. The average Bonchev–Trinajstić information content (AvgIpc) is 3.27. The molecule has 4 aromatic carbocycles. The fourth-order valence-corrected chi connectivity index (χ4v) is 4.12. The molecular formula is C28H26FN3O. The van der Waals surface area contributed by atoms with Crippen molar-refractivity contribution in [3.05, 3.63) is 108 Å². The van der Waals surface area contributed by atoms with Crippen LogP contribution >= 0.6 is 0 Å². The van der Waals surface area contributed by atoms with E-state index in [0.717, 1.165) is 58.3 Å². The number of fused-ring (bicyclic) bond motifs is 2. The number of ether oxygens (including phenoxy) is 1. The summed E-state index contributed by atoms with van der Waals surface area (Å²) in [4.78, 5) is 8.03. The van der Waals surface area contributed by atoms with Gasteiger partial charge >= 0.3 is 0 Å². The van der Waals surface area contributed by atoms with E-state index in [9.17, 15) is 4.39 Å². The Kier molecular flexibility index (Phi) is 6.31. The van der Waals surface area contributed by atoms with Gasteiger partial charge in [0.15, 0.2) is 0 Å². The van der Waals surface area contributed by atoms with Crippen molar-refractivity contribution < 1.29 is 9.13 Å². The van der Waals surface area contributed by atoms with Gasteiger partial charge in [0.05, 0.1) is 11.0 Å². The largest absolute Gasteiger partial charge is 0.488 e. The van der Waals surface area contributed by atoms with Gasteiger partial charge in [0.2, 0.25) is 0 Å². The van der Waals surface area contributed by atoms with Crippen LogP contribution in [0.3, 0.4) is 0 Å². The van der Waals surface area contributed by atoms with Gasteiger partial charge in [0.1, 0.15) is 24.0 Å². The molecule has 0 aliphatic rings. The molecule has 4 nitrogen and oxygen atoms in total. The van der Waals surface area contributed by atoms with E-state index in [1.165, 1.54) is 6.07 Å². The van der Waals surface area contributed by atoms with Gasteiger partial charge in [0, 0.05) is 24.1 Å². The SMILES string of the molecule is Fc1ccccc1COc1ccc2ccccc2c1CNCCCc1nc2ccccc2[nH]1. The highest BCUT2D eigenvalue weighted by Crippen LogP contribution is 2.29. The van der Waals surface area contributed by atoms with Crippen LogP contribution in [-0.2, 0) is 19.6 Å². The number of nitrogens with one attached hydrogen (secondary N) is 2. The van der Waals surface area contributed by atoms with Crippen molar-refractivity contribution in [2.75, 3.05) is 6.54 Å². The van der Waals surface area contributed by atoms with Crippen molar-refractivity contribution in [2.45, 2.75) is 26.0 Å². The van der Waals surface area contributed by atoms with E-state index in [4.69, 9.17) is 4.74 Å². The lowest BCUT2D eigenvalue weighted by atomic mass is 10.0. The smallest absolute Gasteiger partial charge is 0.129 e. The maximum Gasteiger partial charge on any atom is 0.129 e. The number of imidazole rings is 1. The van der Waals surface area contributed by atoms with Crippen LogP contribution in [-0.4, -0.2) is 16.5 Å². The van der Waals surface area contributed by atoms with Gasteiger partial charge in [-0.1, -0.05) is 60.7 Å². The number of para-hydroxylation sites is 2. The lowest BCUT2D eigenvalue weighted by Gasteiger charge is -2.15. The molecule has 5 rings (SSSR count). The molecule has 0 aliphatic carbocycles. The minimum absolute atomic E-state index is 0.198. The highest BCUT2D eigenvalue weighted by Gasteiger charge is 2.10. The lowest BCUT2D eigenvalue weighted by molar-refractivity contribution is 0.296. The zero-order valence-electron chi connectivity index (χ0n) is 18.4. The van der Waals surface area contributed by atoms with Gasteiger partial charge in [-0.15, -0.1) is 0 Å². The summed E-state index contributed by atoms with van der Waals surface area (Å²) in [6, 6.07) is 27.1. The molecule has 0 saturated heterocycles. The molecule has 166 valence electrons. The summed E-state index contributed by atoms with van der Waals surface area (Å²) in [5, 5.41) is 5.86. The molecule has 0 saturated carbocycles. The molecule has 0 unspecified atom stereocenters. The summed E-state index contributed by atoms with van der Waals surface area (Å²) in [5.74, 6) is 1.54.